The number of thiazole rings is 1. The van der Waals surface area contributed by atoms with Crippen LogP contribution in [0, 0.1) is 11.9 Å². The van der Waals surface area contributed by atoms with Gasteiger partial charge in [0.1, 0.15) is 5.69 Å². The fraction of sp³-hybridized carbons (Fsp3) is 0.394. The minimum Gasteiger partial charge on any atom is -0.363 e. The number of carbonyl (C=O) groups excluding carboxylic acids is 2. The molecule has 4 aromatic rings. The van der Waals surface area contributed by atoms with Crippen molar-refractivity contribution in [1.82, 2.24) is 19.4 Å². The first-order valence-corrected chi connectivity index (χ1v) is 15.9. The predicted octanol–water partition coefficient (Wildman–Crippen LogP) is 6.48. The lowest BCUT2D eigenvalue weighted by atomic mass is 9.81. The van der Waals surface area contributed by atoms with E-state index in [1.54, 1.807) is 35.9 Å². The Balaban J connectivity index is 1.09. The lowest BCUT2D eigenvalue weighted by molar-refractivity contribution is -0.130. The summed E-state index contributed by atoms with van der Waals surface area (Å²) in [6.07, 6.45) is 7.43. The number of anilines is 2. The van der Waals surface area contributed by atoms with E-state index in [4.69, 9.17) is 4.98 Å². The molecule has 0 saturated carbocycles. The summed E-state index contributed by atoms with van der Waals surface area (Å²) < 4.78 is 15.3. The van der Waals surface area contributed by atoms with Gasteiger partial charge in [0.15, 0.2) is 5.13 Å². The summed E-state index contributed by atoms with van der Waals surface area (Å²) in [4.78, 5) is 37.6. The molecular formula is C33H37FN6O2S. The molecule has 0 spiro atoms. The van der Waals surface area contributed by atoms with E-state index < -0.39 is 5.95 Å². The number of benzene rings is 1. The molecule has 2 atom stereocenters. The second-order valence-corrected chi connectivity index (χ2v) is 12.5. The van der Waals surface area contributed by atoms with Crippen molar-refractivity contribution in [3.8, 4) is 0 Å². The molecule has 43 heavy (non-hydrogen) atoms. The number of nitrogens with one attached hydrogen (secondary N) is 1. The van der Waals surface area contributed by atoms with Gasteiger partial charge in [-0.25, -0.2) is 9.97 Å². The van der Waals surface area contributed by atoms with Crippen LogP contribution in [0.3, 0.4) is 0 Å². The average Bonchev–Trinajstić information content (AvgIpc) is 3.78. The molecule has 2 aliphatic heterocycles. The number of rotatable bonds is 8. The molecule has 1 N–H and O–H groups in total. The van der Waals surface area contributed by atoms with Crippen LogP contribution in [0.25, 0.3) is 0 Å². The molecular weight excluding hydrogens is 563 g/mol. The number of likely N-dealkylation sites (tertiary alicyclic amines) is 1. The molecule has 2 fully saturated rings. The lowest BCUT2D eigenvalue weighted by Crippen LogP contribution is -2.38. The third-order valence-corrected chi connectivity index (χ3v) is 9.76. The Hall–Kier alpha value is -4.05. The van der Waals surface area contributed by atoms with Gasteiger partial charge >= 0.3 is 0 Å². The third-order valence-electron chi connectivity index (χ3n) is 8.99. The second kappa shape index (κ2) is 12.7. The maximum atomic E-state index is 13.5. The summed E-state index contributed by atoms with van der Waals surface area (Å²) in [5.74, 6) is 0.428. The molecule has 2 amide bonds. The molecule has 5 heterocycles. The molecule has 1 unspecified atom stereocenters. The molecule has 1 aromatic carbocycles. The average molecular weight is 601 g/mol. The summed E-state index contributed by atoms with van der Waals surface area (Å²) in [5.41, 5.74) is 4.71. The van der Waals surface area contributed by atoms with Crippen molar-refractivity contribution in [2.75, 3.05) is 29.9 Å². The van der Waals surface area contributed by atoms with Crippen LogP contribution in [0.15, 0.2) is 66.3 Å². The number of nitrogens with zero attached hydrogens (tertiary/aromatic N) is 5. The van der Waals surface area contributed by atoms with Crippen LogP contribution in [0.5, 0.6) is 0 Å². The number of hydrogen-bond acceptors (Lipinski definition) is 6. The molecule has 6 rings (SSSR count). The maximum Gasteiger partial charge on any atom is 0.274 e. The maximum absolute atomic E-state index is 13.5. The number of piperidine rings is 1. The molecule has 0 aliphatic carbocycles. The zero-order valence-corrected chi connectivity index (χ0v) is 25.4. The molecule has 224 valence electrons. The van der Waals surface area contributed by atoms with Crippen LogP contribution >= 0.6 is 11.3 Å². The van der Waals surface area contributed by atoms with Gasteiger partial charge in [-0.3, -0.25) is 14.9 Å². The molecule has 0 radical (unpaired) electrons. The molecule has 2 aliphatic rings. The van der Waals surface area contributed by atoms with Crippen LogP contribution in [-0.2, 0) is 11.3 Å². The van der Waals surface area contributed by atoms with Crippen LogP contribution in [0.1, 0.15) is 78.8 Å². The Bertz CT molecular complexity index is 1580. The summed E-state index contributed by atoms with van der Waals surface area (Å²) >= 11 is 1.43. The predicted molar refractivity (Wildman–Crippen MR) is 167 cm³/mol. The first-order valence-electron chi connectivity index (χ1n) is 15.0. The zero-order valence-electron chi connectivity index (χ0n) is 24.6. The topological polar surface area (TPSA) is 83.4 Å². The molecule has 8 nitrogen and oxygen atoms in total. The highest BCUT2D eigenvalue weighted by molar-refractivity contribution is 7.14. The monoisotopic (exact) mass is 600 g/mol. The number of hydrogen-bond donors (Lipinski definition) is 1. The Morgan fingerprint density at radius 3 is 2.63 bits per heavy atom. The standard InChI is InChI=1S/C33H37FN6O2S/c1-22(26-12-17-38(18-13-26)23(2)41)25-7-9-27(10-8-25)40-16-4-5-29(40)28-21-43-33(36-28)37-32(42)30-6-3-15-39(30)20-24-11-14-35-31(34)19-24/h3,6-11,14-15,19,21-22,26,29H,4-5,12-13,16-18,20H2,1-2H3,(H,36,37,42)/t22?,29-/m1/s1. The highest BCUT2D eigenvalue weighted by Gasteiger charge is 2.30. The smallest absolute Gasteiger partial charge is 0.274 e. The van der Waals surface area contributed by atoms with Crippen LogP contribution in [0.2, 0.25) is 0 Å². The summed E-state index contributed by atoms with van der Waals surface area (Å²) in [7, 11) is 0. The first-order chi connectivity index (χ1) is 20.9. The quantitative estimate of drug-likeness (QED) is 0.234. The SMILES string of the molecule is CC(=O)N1CCC(C(C)c2ccc(N3CCC[C@@H]3c3csc(NC(=O)c4cccn4Cc4ccnc(F)c4)n3)cc2)CC1. The van der Waals surface area contributed by atoms with E-state index >= 15 is 0 Å². The fourth-order valence-electron chi connectivity index (χ4n) is 6.49. The lowest BCUT2D eigenvalue weighted by Gasteiger charge is -2.34. The van der Waals surface area contributed by atoms with Crippen molar-refractivity contribution in [1.29, 1.82) is 0 Å². The number of amides is 2. The number of halogens is 1. The van der Waals surface area contributed by atoms with Gasteiger partial charge in [-0.2, -0.15) is 4.39 Å². The minimum atomic E-state index is -0.542. The first kappa shape index (κ1) is 29.0. The minimum absolute atomic E-state index is 0.159. The van der Waals surface area contributed by atoms with E-state index in [2.05, 4.69) is 46.4 Å². The van der Waals surface area contributed by atoms with E-state index in [9.17, 15) is 14.0 Å². The Kier molecular flexibility index (Phi) is 8.56. The number of carbonyl (C=O) groups is 2. The number of pyridine rings is 1. The van der Waals surface area contributed by atoms with E-state index in [1.807, 2.05) is 10.3 Å². The van der Waals surface area contributed by atoms with Gasteiger partial charge in [0.25, 0.3) is 5.91 Å². The van der Waals surface area contributed by atoms with Gasteiger partial charge in [-0.15, -0.1) is 11.3 Å². The molecule has 2 saturated heterocycles. The van der Waals surface area contributed by atoms with E-state index in [-0.39, 0.29) is 17.9 Å². The van der Waals surface area contributed by atoms with E-state index in [0.717, 1.165) is 56.6 Å². The van der Waals surface area contributed by atoms with Crippen molar-refractivity contribution < 1.29 is 14.0 Å². The Morgan fingerprint density at radius 2 is 1.88 bits per heavy atom. The molecule has 0 bridgehead atoms. The van der Waals surface area contributed by atoms with Crippen molar-refractivity contribution >= 4 is 34.0 Å². The molecule has 10 heteroatoms. The van der Waals surface area contributed by atoms with Crippen molar-refractivity contribution in [3.05, 3.63) is 94.8 Å². The summed E-state index contributed by atoms with van der Waals surface area (Å²) in [5, 5.41) is 5.57. The van der Waals surface area contributed by atoms with Gasteiger partial charge in [0.2, 0.25) is 11.9 Å². The van der Waals surface area contributed by atoms with Crippen molar-refractivity contribution in [2.24, 2.45) is 5.92 Å². The van der Waals surface area contributed by atoms with Gasteiger partial charge in [-0.05, 0) is 85.0 Å². The fourth-order valence-corrected chi connectivity index (χ4v) is 7.24. The van der Waals surface area contributed by atoms with Crippen LogP contribution in [0.4, 0.5) is 15.2 Å². The third kappa shape index (κ3) is 6.49. The van der Waals surface area contributed by atoms with E-state index in [1.165, 1.54) is 34.9 Å². The Labute approximate surface area is 255 Å². The van der Waals surface area contributed by atoms with Crippen LogP contribution in [-0.4, -0.2) is 50.9 Å². The molecule has 3 aromatic heterocycles. The van der Waals surface area contributed by atoms with Gasteiger partial charge in [0.05, 0.1) is 11.7 Å². The van der Waals surface area contributed by atoms with Gasteiger partial charge in [0, 0.05) is 56.6 Å². The van der Waals surface area contributed by atoms with Gasteiger partial charge < -0.3 is 14.4 Å². The van der Waals surface area contributed by atoms with Crippen molar-refractivity contribution in [3.63, 3.8) is 0 Å². The van der Waals surface area contributed by atoms with Crippen molar-refractivity contribution in [2.45, 2.75) is 58.0 Å². The van der Waals surface area contributed by atoms with Crippen LogP contribution < -0.4 is 10.2 Å². The highest BCUT2D eigenvalue weighted by Crippen LogP contribution is 2.39. The van der Waals surface area contributed by atoms with E-state index in [0.29, 0.717) is 29.2 Å². The summed E-state index contributed by atoms with van der Waals surface area (Å²) in [6.45, 7) is 7.01. The second-order valence-electron chi connectivity index (χ2n) is 11.6. The largest absolute Gasteiger partial charge is 0.363 e. The summed E-state index contributed by atoms with van der Waals surface area (Å²) in [6, 6.07) is 15.8. The number of aromatic nitrogens is 3. The van der Waals surface area contributed by atoms with Gasteiger partial charge in [-0.1, -0.05) is 19.1 Å². The normalized spacial score (nSPS) is 18.2. The Morgan fingerprint density at radius 1 is 1.09 bits per heavy atom. The zero-order chi connectivity index (χ0) is 29.9. The highest BCUT2D eigenvalue weighted by atomic mass is 32.1.